The summed E-state index contributed by atoms with van der Waals surface area (Å²) in [7, 11) is 3.69. The lowest BCUT2D eigenvalue weighted by molar-refractivity contribution is -0.130. The standard InChI is InChI=1S/C24H25FN6O3/c1-30(15-20-18-5-3-4-6-19(18)24(33)28-27-20)13-14-31(2)22(32)12-11-21-26-23(29-34-21)16-7-9-17(25)10-8-16/h3-10H,11-15H2,1-2H3,(H,28,33). The lowest BCUT2D eigenvalue weighted by atomic mass is 10.1. The first-order valence-electron chi connectivity index (χ1n) is 10.9. The minimum Gasteiger partial charge on any atom is -0.344 e. The van der Waals surface area contributed by atoms with E-state index in [1.165, 1.54) is 12.1 Å². The van der Waals surface area contributed by atoms with E-state index in [-0.39, 0.29) is 23.7 Å². The van der Waals surface area contributed by atoms with Crippen LogP contribution in [0.3, 0.4) is 0 Å². The normalized spacial score (nSPS) is 11.3. The molecule has 9 nitrogen and oxygen atoms in total. The molecule has 34 heavy (non-hydrogen) atoms. The van der Waals surface area contributed by atoms with Crippen LogP contribution in [0.4, 0.5) is 4.39 Å². The Morgan fingerprint density at radius 3 is 2.56 bits per heavy atom. The van der Waals surface area contributed by atoms with E-state index in [0.717, 1.165) is 11.1 Å². The third-order valence-corrected chi connectivity index (χ3v) is 5.56. The highest BCUT2D eigenvalue weighted by molar-refractivity contribution is 5.83. The number of carbonyl (C=O) groups excluding carboxylic acids is 1. The number of carbonyl (C=O) groups is 1. The summed E-state index contributed by atoms with van der Waals surface area (Å²) >= 11 is 0. The van der Waals surface area contributed by atoms with Crippen LogP contribution >= 0.6 is 0 Å². The number of aromatic amines is 1. The van der Waals surface area contributed by atoms with E-state index < -0.39 is 0 Å². The smallest absolute Gasteiger partial charge is 0.272 e. The minimum atomic E-state index is -0.338. The number of likely N-dealkylation sites (N-methyl/N-ethyl adjacent to an activating group) is 2. The number of benzene rings is 2. The van der Waals surface area contributed by atoms with Crippen molar-refractivity contribution in [3.63, 3.8) is 0 Å². The Bertz CT molecular complexity index is 1330. The van der Waals surface area contributed by atoms with E-state index in [1.807, 2.05) is 30.1 Å². The zero-order valence-corrected chi connectivity index (χ0v) is 19.0. The van der Waals surface area contributed by atoms with Crippen molar-refractivity contribution < 1.29 is 13.7 Å². The molecule has 0 aliphatic heterocycles. The molecule has 1 N–H and O–H groups in total. The quantitative estimate of drug-likeness (QED) is 0.406. The number of nitrogens with zero attached hydrogens (tertiary/aromatic N) is 5. The van der Waals surface area contributed by atoms with Crippen molar-refractivity contribution in [1.29, 1.82) is 0 Å². The van der Waals surface area contributed by atoms with Gasteiger partial charge in [-0.3, -0.25) is 14.5 Å². The number of hydrogen-bond acceptors (Lipinski definition) is 7. The number of amides is 1. The van der Waals surface area contributed by atoms with Crippen LogP contribution in [0.2, 0.25) is 0 Å². The number of nitrogens with one attached hydrogen (secondary N) is 1. The number of aryl methyl sites for hydroxylation is 1. The molecular formula is C24H25FN6O3. The molecule has 0 radical (unpaired) electrons. The highest BCUT2D eigenvalue weighted by Gasteiger charge is 2.15. The van der Waals surface area contributed by atoms with Crippen molar-refractivity contribution >= 4 is 16.7 Å². The van der Waals surface area contributed by atoms with Crippen LogP contribution in [0.25, 0.3) is 22.2 Å². The molecule has 0 spiro atoms. The Morgan fingerprint density at radius 2 is 1.79 bits per heavy atom. The summed E-state index contributed by atoms with van der Waals surface area (Å²) in [6, 6.07) is 13.2. The third kappa shape index (κ3) is 5.52. The summed E-state index contributed by atoms with van der Waals surface area (Å²) in [6.07, 6.45) is 0.553. The Kier molecular flexibility index (Phi) is 7.07. The van der Waals surface area contributed by atoms with E-state index in [9.17, 15) is 14.0 Å². The monoisotopic (exact) mass is 464 g/mol. The fraction of sp³-hybridized carbons (Fsp3) is 0.292. The third-order valence-electron chi connectivity index (χ3n) is 5.56. The lowest BCUT2D eigenvalue weighted by Crippen LogP contribution is -2.35. The van der Waals surface area contributed by atoms with Gasteiger partial charge < -0.3 is 9.42 Å². The molecule has 0 unspecified atom stereocenters. The number of rotatable bonds is 9. The van der Waals surface area contributed by atoms with Crippen molar-refractivity contribution in [2.45, 2.75) is 19.4 Å². The van der Waals surface area contributed by atoms with Crippen LogP contribution < -0.4 is 5.56 Å². The van der Waals surface area contributed by atoms with Crippen LogP contribution in [0.15, 0.2) is 57.8 Å². The van der Waals surface area contributed by atoms with E-state index in [1.54, 1.807) is 30.1 Å². The molecule has 1 amide bonds. The highest BCUT2D eigenvalue weighted by Crippen LogP contribution is 2.17. The molecule has 4 rings (SSSR count). The average Bonchev–Trinajstić information content (AvgIpc) is 3.32. The Morgan fingerprint density at radius 1 is 1.06 bits per heavy atom. The molecule has 176 valence electrons. The molecule has 2 aromatic heterocycles. The summed E-state index contributed by atoms with van der Waals surface area (Å²) in [6.45, 7) is 1.70. The van der Waals surface area contributed by atoms with Gasteiger partial charge >= 0.3 is 0 Å². The largest absolute Gasteiger partial charge is 0.344 e. The van der Waals surface area contributed by atoms with Crippen LogP contribution in [0.5, 0.6) is 0 Å². The van der Waals surface area contributed by atoms with Gasteiger partial charge in [-0.05, 0) is 37.4 Å². The van der Waals surface area contributed by atoms with E-state index in [0.29, 0.717) is 48.7 Å². The fourth-order valence-corrected chi connectivity index (χ4v) is 3.55. The van der Waals surface area contributed by atoms with Gasteiger partial charge in [-0.15, -0.1) is 0 Å². The van der Waals surface area contributed by atoms with Gasteiger partial charge in [0, 0.05) is 50.5 Å². The average molecular weight is 465 g/mol. The molecule has 0 saturated carbocycles. The maximum Gasteiger partial charge on any atom is 0.272 e. The summed E-state index contributed by atoms with van der Waals surface area (Å²) in [5, 5.41) is 12.1. The topological polar surface area (TPSA) is 108 Å². The molecule has 0 fully saturated rings. The van der Waals surface area contributed by atoms with Gasteiger partial charge in [-0.2, -0.15) is 10.1 Å². The second-order valence-electron chi connectivity index (χ2n) is 8.12. The van der Waals surface area contributed by atoms with Crippen molar-refractivity contribution in [2.75, 3.05) is 27.2 Å². The molecular weight excluding hydrogens is 439 g/mol. The van der Waals surface area contributed by atoms with E-state index in [4.69, 9.17) is 4.52 Å². The van der Waals surface area contributed by atoms with Gasteiger partial charge in [-0.1, -0.05) is 23.4 Å². The predicted octanol–water partition coefficient (Wildman–Crippen LogP) is 2.64. The number of fused-ring (bicyclic) bond motifs is 1. The first kappa shape index (κ1) is 23.2. The van der Waals surface area contributed by atoms with E-state index in [2.05, 4.69) is 20.3 Å². The molecule has 0 aliphatic rings. The summed E-state index contributed by atoms with van der Waals surface area (Å²) < 4.78 is 18.3. The van der Waals surface area contributed by atoms with Gasteiger partial charge in [0.15, 0.2) is 0 Å². The lowest BCUT2D eigenvalue weighted by Gasteiger charge is -2.22. The molecule has 10 heteroatoms. The zero-order chi connectivity index (χ0) is 24.1. The van der Waals surface area contributed by atoms with E-state index >= 15 is 0 Å². The van der Waals surface area contributed by atoms with Gasteiger partial charge in [0.05, 0.1) is 11.1 Å². The molecule has 0 atom stereocenters. The number of hydrogen-bond donors (Lipinski definition) is 1. The molecule has 0 aliphatic carbocycles. The number of halogens is 1. The molecule has 2 heterocycles. The molecule has 2 aromatic carbocycles. The van der Waals surface area contributed by atoms with Crippen molar-refractivity contribution in [3.05, 3.63) is 76.3 Å². The highest BCUT2D eigenvalue weighted by atomic mass is 19.1. The maximum atomic E-state index is 13.1. The van der Waals surface area contributed by atoms with Crippen LogP contribution in [0, 0.1) is 5.82 Å². The van der Waals surface area contributed by atoms with Gasteiger partial charge in [-0.25, -0.2) is 9.49 Å². The first-order chi connectivity index (χ1) is 16.4. The first-order valence-corrected chi connectivity index (χ1v) is 10.9. The second-order valence-corrected chi connectivity index (χ2v) is 8.12. The van der Waals surface area contributed by atoms with Gasteiger partial charge in [0.25, 0.3) is 5.56 Å². The molecule has 0 saturated heterocycles. The Labute approximate surface area is 195 Å². The number of aromatic nitrogens is 4. The Hall–Kier alpha value is -3.92. The number of H-pyrrole nitrogens is 1. The molecule has 4 aromatic rings. The minimum absolute atomic E-state index is 0.0393. The summed E-state index contributed by atoms with van der Waals surface area (Å²) in [5.41, 5.74) is 1.21. The zero-order valence-electron chi connectivity index (χ0n) is 19.0. The van der Waals surface area contributed by atoms with Crippen LogP contribution in [-0.2, 0) is 17.8 Å². The van der Waals surface area contributed by atoms with Crippen molar-refractivity contribution in [1.82, 2.24) is 30.1 Å². The SMILES string of the molecule is CN(CCN(C)C(=O)CCc1nc(-c2ccc(F)cc2)no1)Cc1n[nH]c(=O)c2ccccc12. The Balaban J connectivity index is 1.26. The van der Waals surface area contributed by atoms with Crippen LogP contribution in [-0.4, -0.2) is 63.2 Å². The van der Waals surface area contributed by atoms with Gasteiger partial charge in [0.2, 0.25) is 17.6 Å². The molecule has 0 bridgehead atoms. The summed E-state index contributed by atoms with van der Waals surface area (Å²) in [4.78, 5) is 32.5. The van der Waals surface area contributed by atoms with Crippen LogP contribution in [0.1, 0.15) is 18.0 Å². The fourth-order valence-electron chi connectivity index (χ4n) is 3.55. The van der Waals surface area contributed by atoms with Gasteiger partial charge in [0.1, 0.15) is 5.82 Å². The second kappa shape index (κ2) is 10.3. The maximum absolute atomic E-state index is 13.1. The van der Waals surface area contributed by atoms with Crippen molar-refractivity contribution in [2.24, 2.45) is 0 Å². The predicted molar refractivity (Wildman–Crippen MR) is 124 cm³/mol. The van der Waals surface area contributed by atoms with Crippen molar-refractivity contribution in [3.8, 4) is 11.4 Å². The summed E-state index contributed by atoms with van der Waals surface area (Å²) in [5.74, 6) is 0.340.